The van der Waals surface area contributed by atoms with Gasteiger partial charge in [0.1, 0.15) is 23.2 Å². The molecule has 0 radical (unpaired) electrons. The number of benzene rings is 2. The Bertz CT molecular complexity index is 706. The summed E-state index contributed by atoms with van der Waals surface area (Å²) in [5.74, 6) is 6.56. The van der Waals surface area contributed by atoms with Crippen LogP contribution in [0, 0.1) is 11.8 Å². The Morgan fingerprint density at radius 3 is 2.20 bits per heavy atom. The molecule has 0 fully saturated rings. The predicted octanol–water partition coefficient (Wildman–Crippen LogP) is 2.13. The summed E-state index contributed by atoms with van der Waals surface area (Å²) < 4.78 is 16.1. The van der Waals surface area contributed by atoms with Crippen LogP contribution < -0.4 is 9.47 Å². The van der Waals surface area contributed by atoms with Gasteiger partial charge in [0.25, 0.3) is 0 Å². The van der Waals surface area contributed by atoms with Crippen LogP contribution >= 0.6 is 0 Å². The molecule has 132 valence electrons. The standard InChI is InChI=1S/C20H22O5/c1-23-19-10-16(12-21)11-20(24-2)18(19)9-8-17(22)14-25-13-15-6-4-3-5-7-15/h3-7,10-11,17,21-22H,12-14H2,1-2H3/t17-/m1/s1. The van der Waals surface area contributed by atoms with Gasteiger partial charge in [0.05, 0.1) is 34.0 Å². The number of rotatable bonds is 7. The summed E-state index contributed by atoms with van der Waals surface area (Å²) in [6.45, 7) is 0.384. The molecule has 0 aliphatic rings. The highest BCUT2D eigenvalue weighted by molar-refractivity contribution is 5.57. The van der Waals surface area contributed by atoms with Gasteiger partial charge >= 0.3 is 0 Å². The number of aliphatic hydroxyl groups is 2. The first-order chi connectivity index (χ1) is 12.2. The SMILES string of the molecule is COc1cc(CO)cc(OC)c1C#C[C@@H](O)COCc1ccccc1. The largest absolute Gasteiger partial charge is 0.495 e. The zero-order valence-corrected chi connectivity index (χ0v) is 14.4. The predicted molar refractivity (Wildman–Crippen MR) is 94.5 cm³/mol. The monoisotopic (exact) mass is 342 g/mol. The topological polar surface area (TPSA) is 68.2 Å². The summed E-state index contributed by atoms with van der Waals surface area (Å²) in [6.07, 6.45) is -0.935. The molecule has 0 aliphatic heterocycles. The maximum absolute atomic E-state index is 10.00. The lowest BCUT2D eigenvalue weighted by atomic mass is 10.1. The quantitative estimate of drug-likeness (QED) is 0.755. The second-order valence-electron chi connectivity index (χ2n) is 5.32. The van der Waals surface area contributed by atoms with Gasteiger partial charge in [-0.2, -0.15) is 0 Å². The van der Waals surface area contributed by atoms with Gasteiger partial charge in [-0.15, -0.1) is 0 Å². The summed E-state index contributed by atoms with van der Waals surface area (Å²) in [7, 11) is 3.03. The average Bonchev–Trinajstić information content (AvgIpc) is 2.66. The fourth-order valence-corrected chi connectivity index (χ4v) is 2.24. The maximum atomic E-state index is 10.00. The van der Waals surface area contributed by atoms with Crippen LogP contribution in [0.3, 0.4) is 0 Å². The van der Waals surface area contributed by atoms with Crippen LogP contribution in [0.1, 0.15) is 16.7 Å². The van der Waals surface area contributed by atoms with Crippen molar-refractivity contribution in [2.45, 2.75) is 19.3 Å². The second kappa shape index (κ2) is 9.70. The van der Waals surface area contributed by atoms with E-state index in [4.69, 9.17) is 14.2 Å². The lowest BCUT2D eigenvalue weighted by molar-refractivity contribution is 0.0544. The molecule has 0 unspecified atom stereocenters. The van der Waals surface area contributed by atoms with E-state index in [1.807, 2.05) is 30.3 Å². The first-order valence-electron chi connectivity index (χ1n) is 7.85. The van der Waals surface area contributed by atoms with Gasteiger partial charge in [-0.3, -0.25) is 0 Å². The van der Waals surface area contributed by atoms with E-state index < -0.39 is 6.10 Å². The highest BCUT2D eigenvalue weighted by atomic mass is 16.5. The molecule has 0 amide bonds. The molecule has 2 N–H and O–H groups in total. The van der Waals surface area contributed by atoms with Crippen molar-refractivity contribution in [2.75, 3.05) is 20.8 Å². The van der Waals surface area contributed by atoms with E-state index in [1.165, 1.54) is 14.2 Å². The molecule has 1 atom stereocenters. The minimum Gasteiger partial charge on any atom is -0.495 e. The Labute approximate surface area is 147 Å². The van der Waals surface area contributed by atoms with Crippen LogP contribution in [0.2, 0.25) is 0 Å². The van der Waals surface area contributed by atoms with Gasteiger partial charge in [-0.05, 0) is 23.3 Å². The molecule has 0 saturated heterocycles. The van der Waals surface area contributed by atoms with Gasteiger partial charge in [0.2, 0.25) is 0 Å². The Hall–Kier alpha value is -2.52. The molecule has 0 heterocycles. The van der Waals surface area contributed by atoms with E-state index in [0.717, 1.165) is 5.56 Å². The van der Waals surface area contributed by atoms with E-state index in [9.17, 15) is 10.2 Å². The van der Waals surface area contributed by atoms with E-state index >= 15 is 0 Å². The third kappa shape index (κ3) is 5.50. The molecule has 0 saturated carbocycles. The minimum atomic E-state index is -0.935. The molecule has 2 rings (SSSR count). The smallest absolute Gasteiger partial charge is 0.138 e. The van der Waals surface area contributed by atoms with E-state index in [0.29, 0.717) is 29.2 Å². The van der Waals surface area contributed by atoms with Gasteiger partial charge in [-0.1, -0.05) is 42.2 Å². The number of ether oxygens (including phenoxy) is 3. The molecule has 0 bridgehead atoms. The molecule has 2 aromatic rings. The van der Waals surface area contributed by atoms with Crippen LogP contribution in [0.15, 0.2) is 42.5 Å². The van der Waals surface area contributed by atoms with Gasteiger partial charge < -0.3 is 24.4 Å². The third-order valence-electron chi connectivity index (χ3n) is 3.50. The Kier molecular flexibility index (Phi) is 7.30. The fourth-order valence-electron chi connectivity index (χ4n) is 2.24. The van der Waals surface area contributed by atoms with Crippen molar-refractivity contribution < 1.29 is 24.4 Å². The highest BCUT2D eigenvalue weighted by Crippen LogP contribution is 2.29. The number of hydrogen-bond acceptors (Lipinski definition) is 5. The van der Waals surface area contributed by atoms with Crippen LogP contribution in [-0.2, 0) is 18.0 Å². The lowest BCUT2D eigenvalue weighted by Crippen LogP contribution is -2.12. The molecular formula is C20H22O5. The van der Waals surface area contributed by atoms with E-state index in [2.05, 4.69) is 11.8 Å². The van der Waals surface area contributed by atoms with Crippen molar-refractivity contribution in [2.24, 2.45) is 0 Å². The summed E-state index contributed by atoms with van der Waals surface area (Å²) >= 11 is 0. The van der Waals surface area contributed by atoms with Gasteiger partial charge in [-0.25, -0.2) is 0 Å². The van der Waals surface area contributed by atoms with E-state index in [1.54, 1.807) is 12.1 Å². The zero-order chi connectivity index (χ0) is 18.1. The molecule has 2 aromatic carbocycles. The fraction of sp³-hybridized carbons (Fsp3) is 0.300. The first-order valence-corrected chi connectivity index (χ1v) is 7.85. The Balaban J connectivity index is 2.03. The average molecular weight is 342 g/mol. The third-order valence-corrected chi connectivity index (χ3v) is 3.50. The molecule has 0 spiro atoms. The van der Waals surface area contributed by atoms with Crippen LogP contribution in [0.5, 0.6) is 11.5 Å². The van der Waals surface area contributed by atoms with Gasteiger partial charge in [0, 0.05) is 0 Å². The van der Waals surface area contributed by atoms with Gasteiger partial charge in [0.15, 0.2) is 0 Å². The Morgan fingerprint density at radius 1 is 1.00 bits per heavy atom. The summed E-state index contributed by atoms with van der Waals surface area (Å²) in [5.41, 5.74) is 2.21. The van der Waals surface area contributed by atoms with Crippen molar-refractivity contribution in [1.82, 2.24) is 0 Å². The van der Waals surface area contributed by atoms with Crippen molar-refractivity contribution in [3.63, 3.8) is 0 Å². The van der Waals surface area contributed by atoms with Crippen LogP contribution in [0.25, 0.3) is 0 Å². The molecule has 0 aromatic heterocycles. The molecule has 5 nitrogen and oxygen atoms in total. The highest BCUT2D eigenvalue weighted by Gasteiger charge is 2.11. The number of methoxy groups -OCH3 is 2. The molecular weight excluding hydrogens is 320 g/mol. The maximum Gasteiger partial charge on any atom is 0.138 e. The summed E-state index contributed by atoms with van der Waals surface area (Å²) in [4.78, 5) is 0. The van der Waals surface area contributed by atoms with Crippen molar-refractivity contribution in [1.29, 1.82) is 0 Å². The number of aliphatic hydroxyl groups excluding tert-OH is 2. The molecule has 0 aliphatic carbocycles. The summed E-state index contributed by atoms with van der Waals surface area (Å²) in [6, 6.07) is 13.1. The molecule has 5 heteroatoms. The van der Waals surface area contributed by atoms with E-state index in [-0.39, 0.29) is 13.2 Å². The normalized spacial score (nSPS) is 11.4. The summed E-state index contributed by atoms with van der Waals surface area (Å²) in [5, 5.41) is 19.3. The molecule has 25 heavy (non-hydrogen) atoms. The lowest BCUT2D eigenvalue weighted by Gasteiger charge is -2.11. The second-order valence-corrected chi connectivity index (χ2v) is 5.32. The Morgan fingerprint density at radius 2 is 1.64 bits per heavy atom. The first kappa shape index (κ1) is 18.8. The van der Waals surface area contributed by atoms with Crippen molar-refractivity contribution in [3.8, 4) is 23.3 Å². The van der Waals surface area contributed by atoms with Crippen LogP contribution in [0.4, 0.5) is 0 Å². The van der Waals surface area contributed by atoms with Crippen molar-refractivity contribution in [3.05, 3.63) is 59.2 Å². The zero-order valence-electron chi connectivity index (χ0n) is 14.4. The van der Waals surface area contributed by atoms with Crippen molar-refractivity contribution >= 4 is 0 Å². The number of hydrogen-bond donors (Lipinski definition) is 2. The minimum absolute atomic E-state index is 0.0985. The van der Waals surface area contributed by atoms with Crippen LogP contribution in [-0.4, -0.2) is 37.1 Å².